The Morgan fingerprint density at radius 2 is 1.79 bits per heavy atom. The van der Waals surface area contributed by atoms with E-state index >= 15 is 0 Å². The first-order valence-corrected chi connectivity index (χ1v) is 7.64. The van der Waals surface area contributed by atoms with Gasteiger partial charge in [-0.25, -0.2) is 0 Å². The third-order valence-corrected chi connectivity index (χ3v) is 3.71. The molecule has 2 aromatic carbocycles. The van der Waals surface area contributed by atoms with Gasteiger partial charge in [0.1, 0.15) is 6.61 Å². The van der Waals surface area contributed by atoms with Crippen LogP contribution in [0.15, 0.2) is 48.5 Å². The fraction of sp³-hybridized carbons (Fsp3) is 0.222. The minimum absolute atomic E-state index is 0.142. The Kier molecular flexibility index (Phi) is 4.65. The van der Waals surface area contributed by atoms with Crippen molar-refractivity contribution < 1.29 is 19.1 Å². The molecule has 0 saturated carbocycles. The summed E-state index contributed by atoms with van der Waals surface area (Å²) in [6.45, 7) is 0.535. The molecule has 1 unspecified atom stereocenters. The first-order chi connectivity index (χ1) is 11.7. The summed E-state index contributed by atoms with van der Waals surface area (Å²) in [6, 6.07) is 14.3. The summed E-state index contributed by atoms with van der Waals surface area (Å²) in [7, 11) is 1.58. The smallest absolute Gasteiger partial charge is 0.264 e. The summed E-state index contributed by atoms with van der Waals surface area (Å²) in [5.41, 5.74) is 1.47. The second-order valence-corrected chi connectivity index (χ2v) is 5.36. The summed E-state index contributed by atoms with van der Waals surface area (Å²) < 4.78 is 11.2. The summed E-state index contributed by atoms with van der Waals surface area (Å²) in [5.74, 6) is 0.835. The van der Waals surface area contributed by atoms with Crippen LogP contribution in [0, 0.1) is 0 Å². The molecule has 1 atom stereocenters. The van der Waals surface area contributed by atoms with Gasteiger partial charge in [-0.2, -0.15) is 0 Å². The van der Waals surface area contributed by atoms with E-state index in [0.29, 0.717) is 23.6 Å². The van der Waals surface area contributed by atoms with Crippen molar-refractivity contribution in [2.24, 2.45) is 0 Å². The molecule has 1 aliphatic rings. The number of rotatable bonds is 4. The van der Waals surface area contributed by atoms with Crippen molar-refractivity contribution in [3.05, 3.63) is 59.7 Å². The normalized spacial score (nSPS) is 15.5. The zero-order valence-corrected chi connectivity index (χ0v) is 13.2. The number of carbonyl (C=O) groups is 2. The van der Waals surface area contributed by atoms with Crippen molar-refractivity contribution in [2.45, 2.75) is 12.6 Å². The van der Waals surface area contributed by atoms with E-state index in [4.69, 9.17) is 9.47 Å². The lowest BCUT2D eigenvalue weighted by Crippen LogP contribution is -2.43. The number of benzene rings is 2. The highest BCUT2D eigenvalue weighted by Crippen LogP contribution is 2.30. The van der Waals surface area contributed by atoms with Crippen molar-refractivity contribution in [3.63, 3.8) is 0 Å². The Morgan fingerprint density at radius 3 is 2.50 bits per heavy atom. The van der Waals surface area contributed by atoms with Crippen LogP contribution in [0.2, 0.25) is 0 Å². The van der Waals surface area contributed by atoms with Gasteiger partial charge in [-0.1, -0.05) is 24.3 Å². The molecule has 0 aliphatic carbocycles. The van der Waals surface area contributed by atoms with Gasteiger partial charge in [-0.05, 0) is 29.8 Å². The van der Waals surface area contributed by atoms with Crippen molar-refractivity contribution in [2.75, 3.05) is 13.7 Å². The molecule has 0 spiro atoms. The van der Waals surface area contributed by atoms with Gasteiger partial charge >= 0.3 is 0 Å². The summed E-state index contributed by atoms with van der Waals surface area (Å²) >= 11 is 0. The summed E-state index contributed by atoms with van der Waals surface area (Å²) in [5, 5.41) is 5.38. The Morgan fingerprint density at radius 1 is 1.08 bits per heavy atom. The maximum atomic E-state index is 12.2. The average Bonchev–Trinajstić information content (AvgIpc) is 2.65. The van der Waals surface area contributed by atoms with Crippen LogP contribution >= 0.6 is 0 Å². The van der Waals surface area contributed by atoms with E-state index in [1.165, 1.54) is 0 Å². The first kappa shape index (κ1) is 15.9. The van der Waals surface area contributed by atoms with Gasteiger partial charge in [0, 0.05) is 19.2 Å². The number of ether oxygens (including phenoxy) is 2. The van der Waals surface area contributed by atoms with Gasteiger partial charge in [0.05, 0.1) is 0 Å². The molecule has 24 heavy (non-hydrogen) atoms. The molecular formula is C18H18N2O4. The molecule has 124 valence electrons. The molecule has 1 heterocycles. The molecule has 6 nitrogen and oxygen atoms in total. The van der Waals surface area contributed by atoms with Crippen LogP contribution in [-0.4, -0.2) is 31.6 Å². The monoisotopic (exact) mass is 326 g/mol. The maximum absolute atomic E-state index is 12.2. The number of para-hydroxylation sites is 2. The van der Waals surface area contributed by atoms with Crippen LogP contribution in [0.25, 0.3) is 0 Å². The number of fused-ring (bicyclic) bond motifs is 1. The first-order valence-electron chi connectivity index (χ1n) is 7.64. The predicted octanol–water partition coefficient (Wildman–Crippen LogP) is 1.50. The highest BCUT2D eigenvalue weighted by atomic mass is 16.6. The fourth-order valence-corrected chi connectivity index (χ4v) is 2.37. The number of amides is 2. The third kappa shape index (κ3) is 3.48. The Balaban J connectivity index is 1.55. The van der Waals surface area contributed by atoms with E-state index in [1.54, 1.807) is 43.4 Å². The van der Waals surface area contributed by atoms with E-state index in [0.717, 1.165) is 5.56 Å². The van der Waals surface area contributed by atoms with Crippen LogP contribution in [0.5, 0.6) is 11.5 Å². The molecule has 0 aromatic heterocycles. The summed E-state index contributed by atoms with van der Waals surface area (Å²) in [6.07, 6.45) is -0.676. The lowest BCUT2D eigenvalue weighted by molar-refractivity contribution is -0.130. The van der Waals surface area contributed by atoms with Crippen molar-refractivity contribution in [1.29, 1.82) is 0 Å². The van der Waals surface area contributed by atoms with Gasteiger partial charge in [0.25, 0.3) is 11.8 Å². The number of hydrogen-bond acceptors (Lipinski definition) is 4. The second kappa shape index (κ2) is 7.04. The van der Waals surface area contributed by atoms with Crippen molar-refractivity contribution >= 4 is 11.8 Å². The average molecular weight is 326 g/mol. The Hall–Kier alpha value is -3.02. The molecule has 0 fully saturated rings. The predicted molar refractivity (Wildman–Crippen MR) is 88.0 cm³/mol. The Labute approximate surface area is 139 Å². The molecule has 2 N–H and O–H groups in total. The molecule has 0 bridgehead atoms. The lowest BCUT2D eigenvalue weighted by atomic mass is 10.1. The minimum Gasteiger partial charge on any atom is -0.485 e. The molecule has 3 rings (SSSR count). The van der Waals surface area contributed by atoms with Crippen LogP contribution in [0.3, 0.4) is 0 Å². The minimum atomic E-state index is -0.676. The number of carbonyl (C=O) groups excluding carboxylic acids is 2. The summed E-state index contributed by atoms with van der Waals surface area (Å²) in [4.78, 5) is 23.7. The quantitative estimate of drug-likeness (QED) is 0.893. The molecule has 2 amide bonds. The highest BCUT2D eigenvalue weighted by molar-refractivity contribution is 5.93. The zero-order chi connectivity index (χ0) is 16.9. The largest absolute Gasteiger partial charge is 0.485 e. The van der Waals surface area contributed by atoms with Crippen LogP contribution in [0.4, 0.5) is 0 Å². The van der Waals surface area contributed by atoms with Gasteiger partial charge in [0.15, 0.2) is 11.5 Å². The molecule has 0 saturated heterocycles. The van der Waals surface area contributed by atoms with E-state index in [1.807, 2.05) is 12.1 Å². The molecule has 6 heteroatoms. The maximum Gasteiger partial charge on any atom is 0.264 e. The van der Waals surface area contributed by atoms with E-state index in [2.05, 4.69) is 10.6 Å². The van der Waals surface area contributed by atoms with Crippen molar-refractivity contribution in [3.8, 4) is 11.5 Å². The Bertz CT molecular complexity index is 743. The van der Waals surface area contributed by atoms with Crippen LogP contribution < -0.4 is 20.1 Å². The third-order valence-electron chi connectivity index (χ3n) is 3.71. The molecule has 1 aliphatic heterocycles. The molecule has 2 aromatic rings. The fourth-order valence-electron chi connectivity index (χ4n) is 2.37. The number of nitrogens with one attached hydrogen (secondary N) is 2. The van der Waals surface area contributed by atoms with Gasteiger partial charge < -0.3 is 20.1 Å². The lowest BCUT2D eigenvalue weighted by Gasteiger charge is -2.25. The van der Waals surface area contributed by atoms with E-state index in [9.17, 15) is 9.59 Å². The highest BCUT2D eigenvalue weighted by Gasteiger charge is 2.26. The van der Waals surface area contributed by atoms with Crippen LogP contribution in [-0.2, 0) is 11.3 Å². The molecular weight excluding hydrogens is 308 g/mol. The second-order valence-electron chi connectivity index (χ2n) is 5.36. The standard InChI is InChI=1S/C18H18N2O4/c1-19-17(21)13-8-6-12(7-9-13)10-20-18(22)16-11-23-14-4-2-3-5-15(14)24-16/h2-9,16H,10-11H2,1H3,(H,19,21)(H,20,22). The van der Waals surface area contributed by atoms with E-state index < -0.39 is 6.10 Å². The van der Waals surface area contributed by atoms with Crippen molar-refractivity contribution in [1.82, 2.24) is 10.6 Å². The molecule has 0 radical (unpaired) electrons. The SMILES string of the molecule is CNC(=O)c1ccc(CNC(=O)C2COc3ccccc3O2)cc1. The number of hydrogen-bond donors (Lipinski definition) is 2. The van der Waals surface area contributed by atoms with Gasteiger partial charge in [0.2, 0.25) is 6.10 Å². The van der Waals surface area contributed by atoms with Crippen LogP contribution in [0.1, 0.15) is 15.9 Å². The van der Waals surface area contributed by atoms with E-state index in [-0.39, 0.29) is 18.4 Å². The van der Waals surface area contributed by atoms with Gasteiger partial charge in [-0.3, -0.25) is 9.59 Å². The van der Waals surface area contributed by atoms with Gasteiger partial charge in [-0.15, -0.1) is 0 Å². The zero-order valence-electron chi connectivity index (χ0n) is 13.2. The topological polar surface area (TPSA) is 76.7 Å².